The molecule has 7 heteroatoms. The second kappa shape index (κ2) is 9.05. The van der Waals surface area contributed by atoms with Gasteiger partial charge in [-0.25, -0.2) is 4.98 Å². The Labute approximate surface area is 176 Å². The van der Waals surface area contributed by atoms with Crippen LogP contribution in [0.2, 0.25) is 0 Å². The van der Waals surface area contributed by atoms with E-state index in [2.05, 4.69) is 22.4 Å². The number of hydrogen-bond donors (Lipinski definition) is 2. The average molecular weight is 416 g/mol. The molecule has 29 heavy (non-hydrogen) atoms. The summed E-state index contributed by atoms with van der Waals surface area (Å²) in [6.45, 7) is 3.88. The predicted molar refractivity (Wildman–Crippen MR) is 114 cm³/mol. The molecule has 1 aromatic carbocycles. The molecule has 1 aliphatic carbocycles. The molecule has 1 heterocycles. The second-order valence-electron chi connectivity index (χ2n) is 7.95. The number of hydrogen-bond acceptors (Lipinski definition) is 5. The molecular weight excluding hydrogens is 386 g/mol. The fourth-order valence-electron chi connectivity index (χ4n) is 4.28. The topological polar surface area (TPSA) is 82.5 Å². The highest BCUT2D eigenvalue weighted by atomic mass is 32.1. The standard InChI is InChI=1S/C22H29N3O3S/c1-15-20(29-14-24-15)21(28)25(3)18-9-11-22(12-10-19(18)27,13-23-16(2)26)17-7-5-4-6-8-17/h4-8,14,18-19,27H,9-13H2,1-3H3,(H,23,26)/t18-,19-,22-/m1/s1. The molecule has 3 atom stereocenters. The third kappa shape index (κ3) is 4.67. The molecular formula is C22H29N3O3S. The third-order valence-corrected chi connectivity index (χ3v) is 7.02. The van der Waals surface area contributed by atoms with Gasteiger partial charge in [0.2, 0.25) is 5.91 Å². The number of rotatable bonds is 5. The van der Waals surface area contributed by atoms with E-state index in [9.17, 15) is 14.7 Å². The summed E-state index contributed by atoms with van der Waals surface area (Å²) >= 11 is 1.33. The number of nitrogens with one attached hydrogen (secondary N) is 1. The van der Waals surface area contributed by atoms with Gasteiger partial charge in [0.15, 0.2) is 0 Å². The van der Waals surface area contributed by atoms with E-state index in [0.717, 1.165) is 24.1 Å². The van der Waals surface area contributed by atoms with Gasteiger partial charge in [-0.05, 0) is 38.2 Å². The van der Waals surface area contributed by atoms with Crippen molar-refractivity contribution in [3.05, 3.63) is 52.0 Å². The molecule has 156 valence electrons. The number of carbonyl (C=O) groups is 2. The van der Waals surface area contributed by atoms with Crippen molar-refractivity contribution < 1.29 is 14.7 Å². The van der Waals surface area contributed by atoms with E-state index in [0.29, 0.717) is 24.3 Å². The highest BCUT2D eigenvalue weighted by Gasteiger charge is 2.40. The normalized spacial score (nSPS) is 24.6. The van der Waals surface area contributed by atoms with Gasteiger partial charge in [0.05, 0.1) is 23.4 Å². The first-order valence-electron chi connectivity index (χ1n) is 9.99. The van der Waals surface area contributed by atoms with E-state index < -0.39 is 6.10 Å². The lowest BCUT2D eigenvalue weighted by Gasteiger charge is -2.34. The highest BCUT2D eigenvalue weighted by Crippen LogP contribution is 2.39. The fourth-order valence-corrected chi connectivity index (χ4v) is 5.07. The van der Waals surface area contributed by atoms with Crippen molar-refractivity contribution in [2.24, 2.45) is 0 Å². The lowest BCUT2D eigenvalue weighted by Crippen LogP contribution is -2.44. The zero-order valence-corrected chi connectivity index (χ0v) is 18.0. The van der Waals surface area contributed by atoms with Gasteiger partial charge in [0, 0.05) is 25.9 Å². The van der Waals surface area contributed by atoms with Gasteiger partial charge in [0.25, 0.3) is 5.91 Å². The van der Waals surface area contributed by atoms with Crippen molar-refractivity contribution in [1.29, 1.82) is 0 Å². The van der Waals surface area contributed by atoms with Crippen LogP contribution in [0.4, 0.5) is 0 Å². The van der Waals surface area contributed by atoms with Crippen molar-refractivity contribution in [3.8, 4) is 0 Å². The van der Waals surface area contributed by atoms with Gasteiger partial charge in [-0.2, -0.15) is 0 Å². The van der Waals surface area contributed by atoms with Crippen LogP contribution in [0.25, 0.3) is 0 Å². The molecule has 2 aromatic rings. The summed E-state index contributed by atoms with van der Waals surface area (Å²) in [5.41, 5.74) is 3.30. The van der Waals surface area contributed by atoms with E-state index in [1.54, 1.807) is 17.5 Å². The van der Waals surface area contributed by atoms with Crippen LogP contribution in [-0.2, 0) is 10.2 Å². The molecule has 0 unspecified atom stereocenters. The smallest absolute Gasteiger partial charge is 0.265 e. The predicted octanol–water partition coefficient (Wildman–Crippen LogP) is 2.90. The molecule has 0 spiro atoms. The third-order valence-electron chi connectivity index (χ3n) is 6.10. The van der Waals surface area contributed by atoms with Crippen LogP contribution in [0.3, 0.4) is 0 Å². The van der Waals surface area contributed by atoms with Crippen LogP contribution in [-0.4, -0.2) is 52.5 Å². The van der Waals surface area contributed by atoms with E-state index >= 15 is 0 Å². The maximum atomic E-state index is 13.0. The molecule has 1 aromatic heterocycles. The first-order chi connectivity index (χ1) is 13.8. The Morgan fingerprint density at radius 1 is 1.28 bits per heavy atom. The molecule has 0 aliphatic heterocycles. The van der Waals surface area contributed by atoms with Crippen molar-refractivity contribution in [2.45, 2.75) is 57.1 Å². The van der Waals surface area contributed by atoms with E-state index in [1.165, 1.54) is 18.3 Å². The van der Waals surface area contributed by atoms with Crippen LogP contribution in [0.15, 0.2) is 35.8 Å². The summed E-state index contributed by atoms with van der Waals surface area (Å²) in [7, 11) is 1.76. The number of likely N-dealkylation sites (N-methyl/N-ethyl adjacent to an activating group) is 1. The van der Waals surface area contributed by atoms with Gasteiger partial charge >= 0.3 is 0 Å². The lowest BCUT2D eigenvalue weighted by molar-refractivity contribution is -0.119. The second-order valence-corrected chi connectivity index (χ2v) is 8.81. The van der Waals surface area contributed by atoms with E-state index in [-0.39, 0.29) is 23.3 Å². The molecule has 3 rings (SSSR count). The molecule has 0 radical (unpaired) electrons. The Hall–Kier alpha value is -2.25. The largest absolute Gasteiger partial charge is 0.391 e. The van der Waals surface area contributed by atoms with Gasteiger partial charge in [-0.3, -0.25) is 9.59 Å². The van der Waals surface area contributed by atoms with Crippen LogP contribution in [0.5, 0.6) is 0 Å². The van der Waals surface area contributed by atoms with Gasteiger partial charge in [-0.1, -0.05) is 30.3 Å². The molecule has 6 nitrogen and oxygen atoms in total. The fraction of sp³-hybridized carbons (Fsp3) is 0.500. The summed E-state index contributed by atoms with van der Waals surface area (Å²) < 4.78 is 0. The number of aromatic nitrogens is 1. The lowest BCUT2D eigenvalue weighted by atomic mass is 9.74. The quantitative estimate of drug-likeness (QED) is 0.736. The first kappa shape index (κ1) is 21.5. The van der Waals surface area contributed by atoms with Crippen molar-refractivity contribution in [1.82, 2.24) is 15.2 Å². The van der Waals surface area contributed by atoms with Crippen LogP contribution >= 0.6 is 11.3 Å². The summed E-state index contributed by atoms with van der Waals surface area (Å²) in [5.74, 6) is -0.155. The minimum atomic E-state index is -0.611. The Balaban J connectivity index is 1.84. The molecule has 0 saturated heterocycles. The SMILES string of the molecule is CC(=O)NC[C@]1(c2ccccc2)CC[C@@H](O)[C@H](N(C)C(=O)c2scnc2C)CC1. The monoisotopic (exact) mass is 415 g/mol. The average Bonchev–Trinajstić information content (AvgIpc) is 3.07. The molecule has 0 bridgehead atoms. The van der Waals surface area contributed by atoms with Crippen LogP contribution < -0.4 is 5.32 Å². The van der Waals surface area contributed by atoms with Crippen molar-refractivity contribution >= 4 is 23.2 Å². The van der Waals surface area contributed by atoms with Gasteiger partial charge in [0.1, 0.15) is 4.88 Å². The number of carbonyl (C=O) groups excluding carboxylic acids is 2. The number of aliphatic hydroxyl groups is 1. The number of thiazole rings is 1. The molecule has 1 saturated carbocycles. The van der Waals surface area contributed by atoms with E-state index in [1.807, 2.05) is 25.1 Å². The van der Waals surface area contributed by atoms with Crippen LogP contribution in [0, 0.1) is 6.92 Å². The van der Waals surface area contributed by atoms with Crippen LogP contribution in [0.1, 0.15) is 53.5 Å². The maximum Gasteiger partial charge on any atom is 0.265 e. The van der Waals surface area contributed by atoms with Gasteiger partial charge in [-0.15, -0.1) is 11.3 Å². The summed E-state index contributed by atoms with van der Waals surface area (Å²) in [5, 5.41) is 13.9. The van der Waals surface area contributed by atoms with Crippen molar-refractivity contribution in [2.75, 3.05) is 13.6 Å². The summed E-state index contributed by atoms with van der Waals surface area (Å²) in [6, 6.07) is 9.89. The summed E-state index contributed by atoms with van der Waals surface area (Å²) in [6.07, 6.45) is 2.14. The zero-order valence-electron chi connectivity index (χ0n) is 17.2. The molecule has 2 N–H and O–H groups in total. The number of nitrogens with zero attached hydrogens (tertiary/aromatic N) is 2. The first-order valence-corrected chi connectivity index (χ1v) is 10.9. The Morgan fingerprint density at radius 3 is 2.59 bits per heavy atom. The minimum Gasteiger partial charge on any atom is -0.391 e. The van der Waals surface area contributed by atoms with Gasteiger partial charge < -0.3 is 15.3 Å². The Morgan fingerprint density at radius 2 is 1.97 bits per heavy atom. The van der Waals surface area contributed by atoms with Crippen molar-refractivity contribution in [3.63, 3.8) is 0 Å². The molecule has 1 aliphatic rings. The zero-order chi connectivity index (χ0) is 21.0. The Bertz CT molecular complexity index is 854. The minimum absolute atomic E-state index is 0.0605. The molecule has 1 fully saturated rings. The highest BCUT2D eigenvalue weighted by molar-refractivity contribution is 7.11. The number of amides is 2. The maximum absolute atomic E-state index is 13.0. The number of aliphatic hydroxyl groups excluding tert-OH is 1. The molecule has 2 amide bonds. The Kier molecular flexibility index (Phi) is 6.70. The number of aryl methyl sites for hydroxylation is 1. The summed E-state index contributed by atoms with van der Waals surface area (Å²) in [4.78, 5) is 31.0. The number of benzene rings is 1. The van der Waals surface area contributed by atoms with E-state index in [4.69, 9.17) is 0 Å².